The Morgan fingerprint density at radius 1 is 0.958 bits per heavy atom. The Bertz CT molecular complexity index is 2180. The van der Waals surface area contributed by atoms with Gasteiger partial charge in [0, 0.05) is 14.0 Å². The second-order valence-electron chi connectivity index (χ2n) is 15.6. The molecule has 0 saturated carbocycles. The zero-order valence-corrected chi connectivity index (χ0v) is 47.3. The van der Waals surface area contributed by atoms with Gasteiger partial charge in [0.1, 0.15) is 14.0 Å². The van der Waals surface area contributed by atoms with Crippen LogP contribution in [0.1, 0.15) is 96.9 Å². The van der Waals surface area contributed by atoms with Crippen molar-refractivity contribution in [3.63, 3.8) is 0 Å². The maximum absolute atomic E-state index is 12.9. The van der Waals surface area contributed by atoms with E-state index in [0.29, 0.717) is 37.7 Å². The summed E-state index contributed by atoms with van der Waals surface area (Å²) in [5.74, 6) is -2.67. The Morgan fingerprint density at radius 2 is 1.49 bits per heavy atom. The van der Waals surface area contributed by atoms with Gasteiger partial charge in [0.2, 0.25) is 4.45 Å². The summed E-state index contributed by atoms with van der Waals surface area (Å²) in [5.41, 5.74) is 0.0802. The molecular formula is C47H63AlBNO15S6. The maximum atomic E-state index is 12.9. The zero-order valence-electron chi connectivity index (χ0n) is 41.2. The number of carboxylic acids is 1. The quantitative estimate of drug-likeness (QED) is 0.0219. The predicted octanol–water partition coefficient (Wildman–Crippen LogP) is 9.21. The average molecular weight is 1110 g/mol. The number of rotatable bonds is 17. The Kier molecular flexibility index (Phi) is 36.2. The van der Waals surface area contributed by atoms with Crippen molar-refractivity contribution < 1.29 is 70.8 Å². The first kappa shape index (κ1) is 69.3. The van der Waals surface area contributed by atoms with Crippen LogP contribution in [-0.4, -0.2) is 136 Å². The zero-order chi connectivity index (χ0) is 53.5. The summed E-state index contributed by atoms with van der Waals surface area (Å²) in [7, 11) is -4.09. The van der Waals surface area contributed by atoms with Crippen molar-refractivity contribution in [1.82, 2.24) is 0 Å². The molecule has 0 aromatic heterocycles. The third kappa shape index (κ3) is 27.8. The van der Waals surface area contributed by atoms with E-state index in [1.54, 1.807) is 91.3 Å². The second kappa shape index (κ2) is 37.1. The molecule has 71 heavy (non-hydrogen) atoms. The molecular weight excluding hydrogens is 1050 g/mol. The van der Waals surface area contributed by atoms with Gasteiger partial charge in [-0.1, -0.05) is 122 Å². The van der Waals surface area contributed by atoms with E-state index in [9.17, 15) is 47.1 Å². The summed E-state index contributed by atoms with van der Waals surface area (Å²) in [6.07, 6.45) is 5.29. The van der Waals surface area contributed by atoms with Gasteiger partial charge in [-0.2, -0.15) is 0 Å². The number of thiocarbonyl (C=S) groups is 1. The van der Waals surface area contributed by atoms with Crippen molar-refractivity contribution in [3.8, 4) is 0 Å². The fourth-order valence-electron chi connectivity index (χ4n) is 5.38. The minimum atomic E-state index is -4.09. The van der Waals surface area contributed by atoms with Gasteiger partial charge in [0.15, 0.2) is 20.0 Å². The Labute approximate surface area is 450 Å². The normalized spacial score (nSPS) is 16.3. The number of aliphatic carboxylic acids is 1. The van der Waals surface area contributed by atoms with Gasteiger partial charge < -0.3 is 28.8 Å². The van der Waals surface area contributed by atoms with Crippen molar-refractivity contribution in [3.05, 3.63) is 89.5 Å². The summed E-state index contributed by atoms with van der Waals surface area (Å²) in [5, 5.41) is 6.08. The van der Waals surface area contributed by atoms with E-state index in [2.05, 4.69) is 6.58 Å². The van der Waals surface area contributed by atoms with Crippen molar-refractivity contribution in [2.24, 2.45) is 5.41 Å². The van der Waals surface area contributed by atoms with Gasteiger partial charge in [-0.3, -0.25) is 24.0 Å². The summed E-state index contributed by atoms with van der Waals surface area (Å²) < 4.78 is 57.6. The van der Waals surface area contributed by atoms with Crippen LogP contribution in [-0.2, 0) is 62.3 Å². The van der Waals surface area contributed by atoms with Crippen LogP contribution < -0.4 is 0 Å². The van der Waals surface area contributed by atoms with Crippen molar-refractivity contribution >= 4 is 144 Å². The molecule has 2 aromatic carbocycles. The molecule has 2 aromatic rings. The number of hydrogen-bond donors (Lipinski definition) is 2. The molecule has 3 atom stereocenters. The predicted molar refractivity (Wildman–Crippen MR) is 289 cm³/mol. The monoisotopic (exact) mass is 1110 g/mol. The van der Waals surface area contributed by atoms with Crippen LogP contribution >= 0.6 is 59.3 Å². The molecule has 3 rings (SSSR count). The van der Waals surface area contributed by atoms with Gasteiger partial charge in [0.05, 0.1) is 37.4 Å². The third-order valence-electron chi connectivity index (χ3n) is 9.18. The van der Waals surface area contributed by atoms with Gasteiger partial charge in [-0.25, -0.2) is 18.0 Å². The molecule has 1 fully saturated rings. The number of thioether (sulfide) groups is 4. The first-order valence-electron chi connectivity index (χ1n) is 21.6. The molecule has 0 spiro atoms. The van der Waals surface area contributed by atoms with Crippen molar-refractivity contribution in [1.29, 1.82) is 4.35 Å². The van der Waals surface area contributed by atoms with Crippen LogP contribution in [0.5, 0.6) is 0 Å². The van der Waals surface area contributed by atoms with E-state index >= 15 is 0 Å². The van der Waals surface area contributed by atoms with Gasteiger partial charge in [-0.15, -0.1) is 11.8 Å². The fraction of sp³-hybridized carbons (Fsp3) is 0.489. The van der Waals surface area contributed by atoms with E-state index in [1.165, 1.54) is 18.7 Å². The number of nitrogens with one attached hydrogen (secondary N) is 1. The number of hydrogen-bond acceptors (Lipinski definition) is 20. The molecule has 3 unspecified atom stereocenters. The molecule has 0 bridgehead atoms. The molecule has 1 saturated heterocycles. The van der Waals surface area contributed by atoms with Crippen LogP contribution in [0.4, 0.5) is 4.79 Å². The van der Waals surface area contributed by atoms with Gasteiger partial charge in [0.25, 0.3) is 6.47 Å². The van der Waals surface area contributed by atoms with Crippen LogP contribution in [0.15, 0.2) is 78.4 Å². The Hall–Kier alpha value is -3.75. The standard InChI is InChI=1S/C23H30O7S2.C17H20O6S.C7H12O2S3.Al.B.HN/c1-16(32-22(28)31-4)19(24)29-12-8-9-13-30-20(25)18(15-23(2,3)21(26)27)14-17-10-6-5-7-11-17;1-12-15(14-8-4-3-5-9-14)24(20,21)13(2)17(19)23-11-7-6-10-22-16(12)18;1-4-11-6(10)12-7(2,3)9-5-8;;;/h5-7,10-11,14,16H,8-9,12-13,15H2,1-4H3,(H,26,27);3-5,8-9,13,15H,1,6-7,10-11H2,2H3;5H,4H2,1-3H3;;;1H/b18-14+;;;;;. The summed E-state index contributed by atoms with van der Waals surface area (Å²) in [6, 6.07) is 17.3. The molecule has 1 heterocycles. The molecule has 4 radical (unpaired) electrons. The fourth-order valence-corrected chi connectivity index (χ4v) is 11.3. The van der Waals surface area contributed by atoms with E-state index < -0.39 is 65.8 Å². The number of carbonyl (C=O) groups excluding carboxylic acids is 6. The number of carboxylic acid groups (broad SMARTS) is 1. The molecule has 0 aliphatic carbocycles. The van der Waals surface area contributed by atoms with E-state index in [1.807, 2.05) is 51.1 Å². The number of ether oxygens (including phenoxy) is 5. The molecule has 1 aliphatic heterocycles. The first-order chi connectivity index (χ1) is 32.9. The first-order valence-corrected chi connectivity index (χ1v) is 28.1. The van der Waals surface area contributed by atoms with Crippen LogP contribution in [0.2, 0.25) is 0 Å². The minimum absolute atomic E-state index is 0. The molecule has 2 N–H and O–H groups in total. The number of esters is 4. The molecule has 0 amide bonds. The number of cyclic esters (lactones) is 2. The molecule has 24 heteroatoms. The Balaban J connectivity index is 0. The SMILES string of the molecule is C=C1C(=O)OCCCCOC(=O)C(C)S(=O)(=O)C1c1ccccc1.CCSC(=S)SC(C)(C)OC=O.CSC(=O)SC(C)C(=O)OCCCCOC(=O)/C(=C/c1ccccc1)CC(C)(C)C(=O)O.[B].[NH]=[Al]. The summed E-state index contributed by atoms with van der Waals surface area (Å²) in [6.45, 7) is 16.2. The molecule has 16 nitrogen and oxygen atoms in total. The van der Waals surface area contributed by atoms with E-state index in [-0.39, 0.29) is 56.9 Å². The number of unbranched alkanes of at least 4 members (excludes halogenated alkanes) is 1. The Morgan fingerprint density at radius 3 is 2.01 bits per heavy atom. The number of sulfone groups is 1. The number of carbonyl (C=O) groups is 7. The van der Waals surface area contributed by atoms with Crippen LogP contribution in [0.25, 0.3) is 6.08 Å². The summed E-state index contributed by atoms with van der Waals surface area (Å²) in [4.78, 5) is 81.1. The van der Waals surface area contributed by atoms with E-state index in [0.717, 1.165) is 38.4 Å². The van der Waals surface area contributed by atoms with Crippen molar-refractivity contribution in [2.45, 2.75) is 101 Å². The number of benzene rings is 2. The van der Waals surface area contributed by atoms with Gasteiger partial charge in [-0.05, 0) is 103 Å². The van der Waals surface area contributed by atoms with Crippen LogP contribution in [0.3, 0.4) is 0 Å². The molecule has 1 aliphatic rings. The van der Waals surface area contributed by atoms with Gasteiger partial charge >= 0.3 is 50.3 Å². The summed E-state index contributed by atoms with van der Waals surface area (Å²) >= 11 is 11.7. The molecule has 388 valence electrons. The second-order valence-corrected chi connectivity index (χ2v) is 24.4. The third-order valence-corrected chi connectivity index (χ3v) is 15.9. The average Bonchev–Trinajstić information content (AvgIpc) is 3.31. The topological polar surface area (TPSA) is 244 Å². The van der Waals surface area contributed by atoms with E-state index in [4.69, 9.17) is 40.2 Å². The van der Waals surface area contributed by atoms with Crippen molar-refractivity contribution in [2.75, 3.05) is 38.4 Å². The van der Waals surface area contributed by atoms with Crippen LogP contribution in [0, 0.1) is 9.76 Å².